The highest BCUT2D eigenvalue weighted by Gasteiger charge is 2.07. The molecule has 1 aromatic heterocycles. The monoisotopic (exact) mass is 348 g/mol. The maximum atomic E-state index is 4.47. The van der Waals surface area contributed by atoms with Crippen molar-refractivity contribution in [1.29, 1.82) is 0 Å². The molecule has 0 spiro atoms. The molecule has 130 valence electrons. The molecule has 2 heteroatoms. The fraction of sp³-hybridized carbons (Fsp3) is 0. The second-order valence-corrected chi connectivity index (χ2v) is 6.22. The van der Waals surface area contributed by atoms with E-state index in [1.807, 2.05) is 59.5 Å². The lowest BCUT2D eigenvalue weighted by Crippen LogP contribution is -2.00. The van der Waals surface area contributed by atoms with E-state index in [9.17, 15) is 0 Å². The molecule has 0 saturated heterocycles. The Labute approximate surface area is 159 Å². The first-order valence-electron chi connectivity index (χ1n) is 8.99. The first-order chi connectivity index (χ1) is 13.4. The summed E-state index contributed by atoms with van der Waals surface area (Å²) in [6.07, 6.45) is 12.3. The van der Waals surface area contributed by atoms with Gasteiger partial charge in [-0.15, -0.1) is 0 Å². The summed E-state index contributed by atoms with van der Waals surface area (Å²) >= 11 is 0. The van der Waals surface area contributed by atoms with Gasteiger partial charge in [-0.2, -0.15) is 5.10 Å². The van der Waals surface area contributed by atoms with Gasteiger partial charge in [-0.05, 0) is 17.2 Å². The topological polar surface area (TPSA) is 17.8 Å². The van der Waals surface area contributed by atoms with Crippen molar-refractivity contribution in [2.75, 3.05) is 0 Å². The zero-order valence-corrected chi connectivity index (χ0v) is 14.9. The Morgan fingerprint density at radius 2 is 1.11 bits per heavy atom. The van der Waals surface area contributed by atoms with Crippen LogP contribution in [-0.2, 0) is 0 Å². The zero-order chi connectivity index (χ0) is 18.3. The molecule has 1 heterocycles. The van der Waals surface area contributed by atoms with Gasteiger partial charge in [0.1, 0.15) is 0 Å². The second kappa shape index (κ2) is 8.15. The molecule has 0 bridgehead atoms. The Morgan fingerprint density at radius 3 is 1.59 bits per heavy atom. The smallest absolute Gasteiger partial charge is 0.0790 e. The third-order valence-corrected chi connectivity index (χ3v) is 4.34. The molecule has 0 saturated carbocycles. The van der Waals surface area contributed by atoms with Gasteiger partial charge in [-0.25, -0.2) is 4.68 Å². The average Bonchev–Trinajstić information content (AvgIpc) is 3.26. The van der Waals surface area contributed by atoms with Gasteiger partial charge in [0.05, 0.1) is 5.69 Å². The number of rotatable bonds is 5. The van der Waals surface area contributed by atoms with Crippen LogP contribution in [-0.4, -0.2) is 9.78 Å². The molecule has 0 aliphatic heterocycles. The minimum atomic E-state index is 1.07. The lowest BCUT2D eigenvalue weighted by molar-refractivity contribution is 0.876. The van der Waals surface area contributed by atoms with Crippen LogP contribution in [0.15, 0.2) is 97.3 Å². The van der Waals surface area contributed by atoms with Crippen LogP contribution >= 0.6 is 0 Å². The molecule has 0 atom stereocenters. The minimum Gasteiger partial charge on any atom is -0.240 e. The molecule has 0 amide bonds. The first kappa shape index (κ1) is 16.8. The molecular weight excluding hydrogens is 328 g/mol. The largest absolute Gasteiger partial charge is 0.240 e. The molecule has 3 aromatic carbocycles. The van der Waals surface area contributed by atoms with Crippen molar-refractivity contribution in [2.45, 2.75) is 0 Å². The summed E-state index contributed by atoms with van der Waals surface area (Å²) in [5.74, 6) is 0. The lowest BCUT2D eigenvalue weighted by Gasteiger charge is -2.11. The summed E-state index contributed by atoms with van der Waals surface area (Å²) in [6.45, 7) is 0. The molecule has 0 aliphatic carbocycles. The van der Waals surface area contributed by atoms with Gasteiger partial charge in [0, 0.05) is 23.5 Å². The summed E-state index contributed by atoms with van der Waals surface area (Å²) in [5.41, 5.74) is 5.67. The minimum absolute atomic E-state index is 1.07. The summed E-state index contributed by atoms with van der Waals surface area (Å²) in [5, 5.41) is 4.47. The Bertz CT molecular complexity index is 976. The number of hydrogen-bond donors (Lipinski definition) is 0. The molecule has 0 unspecified atom stereocenters. The summed E-state index contributed by atoms with van der Waals surface area (Å²) in [6, 6.07) is 28.9. The molecular formula is C25H20N2. The highest BCUT2D eigenvalue weighted by molar-refractivity contribution is 5.81. The maximum Gasteiger partial charge on any atom is 0.0790 e. The van der Waals surface area contributed by atoms with E-state index < -0.39 is 0 Å². The molecule has 4 rings (SSSR count). The van der Waals surface area contributed by atoms with E-state index in [1.165, 1.54) is 11.1 Å². The standard InChI is InChI=1S/C25H20N2/c1-3-9-21(10-4-1)15-17-23-13-7-14-24(25(23)27-20-8-19-26-27)18-16-22-11-5-2-6-12-22/h1-20H. The van der Waals surface area contributed by atoms with Crippen molar-refractivity contribution >= 4 is 24.3 Å². The first-order valence-corrected chi connectivity index (χ1v) is 8.99. The number of benzene rings is 3. The van der Waals surface area contributed by atoms with Crippen LogP contribution in [0.25, 0.3) is 30.0 Å². The summed E-state index contributed by atoms with van der Waals surface area (Å²) in [7, 11) is 0. The van der Waals surface area contributed by atoms with Crippen LogP contribution in [0, 0.1) is 0 Å². The van der Waals surface area contributed by atoms with E-state index >= 15 is 0 Å². The van der Waals surface area contributed by atoms with Gasteiger partial charge >= 0.3 is 0 Å². The van der Waals surface area contributed by atoms with Gasteiger partial charge in [0.2, 0.25) is 0 Å². The SMILES string of the molecule is C(=Cc1cccc(C=Cc2ccccc2)c1-n1cccn1)c1ccccc1. The van der Waals surface area contributed by atoms with Crippen molar-refractivity contribution < 1.29 is 0 Å². The molecule has 27 heavy (non-hydrogen) atoms. The van der Waals surface area contributed by atoms with E-state index in [1.54, 1.807) is 0 Å². The Hall–Kier alpha value is -3.65. The van der Waals surface area contributed by atoms with Crippen LogP contribution in [0.5, 0.6) is 0 Å². The molecule has 0 radical (unpaired) electrons. The van der Waals surface area contributed by atoms with Crippen molar-refractivity contribution in [3.8, 4) is 5.69 Å². The van der Waals surface area contributed by atoms with Crippen molar-refractivity contribution in [3.63, 3.8) is 0 Å². The van der Waals surface area contributed by atoms with Crippen molar-refractivity contribution in [1.82, 2.24) is 9.78 Å². The number of para-hydroxylation sites is 1. The fourth-order valence-electron chi connectivity index (χ4n) is 3.01. The highest BCUT2D eigenvalue weighted by atomic mass is 15.3. The van der Waals surface area contributed by atoms with Crippen LogP contribution in [0.3, 0.4) is 0 Å². The number of nitrogens with zero attached hydrogens (tertiary/aromatic N) is 2. The summed E-state index contributed by atoms with van der Waals surface area (Å²) < 4.78 is 1.93. The van der Waals surface area contributed by atoms with E-state index in [0.717, 1.165) is 16.8 Å². The third kappa shape index (κ3) is 4.13. The maximum absolute atomic E-state index is 4.47. The van der Waals surface area contributed by atoms with Crippen LogP contribution in [0.2, 0.25) is 0 Å². The Kier molecular flexibility index (Phi) is 5.07. The van der Waals surface area contributed by atoms with Crippen molar-refractivity contribution in [2.24, 2.45) is 0 Å². The second-order valence-electron chi connectivity index (χ2n) is 6.22. The van der Waals surface area contributed by atoms with Gasteiger partial charge < -0.3 is 0 Å². The van der Waals surface area contributed by atoms with Gasteiger partial charge in [-0.1, -0.05) is 103 Å². The normalized spacial score (nSPS) is 11.4. The molecule has 0 aliphatic rings. The lowest BCUT2D eigenvalue weighted by atomic mass is 10.0. The predicted octanol–water partition coefficient (Wildman–Crippen LogP) is 6.21. The van der Waals surface area contributed by atoms with Gasteiger partial charge in [-0.3, -0.25) is 0 Å². The predicted molar refractivity (Wildman–Crippen MR) is 114 cm³/mol. The Balaban J connectivity index is 1.76. The van der Waals surface area contributed by atoms with Crippen molar-refractivity contribution in [3.05, 3.63) is 120 Å². The van der Waals surface area contributed by atoms with E-state index in [-0.39, 0.29) is 0 Å². The third-order valence-electron chi connectivity index (χ3n) is 4.34. The Morgan fingerprint density at radius 1 is 0.556 bits per heavy atom. The van der Waals surface area contributed by atoms with Crippen LogP contribution < -0.4 is 0 Å². The molecule has 0 fully saturated rings. The summed E-state index contributed by atoms with van der Waals surface area (Å²) in [4.78, 5) is 0. The van der Waals surface area contributed by atoms with E-state index in [2.05, 4.69) is 71.9 Å². The van der Waals surface area contributed by atoms with Gasteiger partial charge in [0.15, 0.2) is 0 Å². The molecule has 4 aromatic rings. The zero-order valence-electron chi connectivity index (χ0n) is 14.9. The average molecular weight is 348 g/mol. The number of aromatic nitrogens is 2. The highest BCUT2D eigenvalue weighted by Crippen LogP contribution is 2.24. The quantitative estimate of drug-likeness (QED) is 0.392. The fourth-order valence-corrected chi connectivity index (χ4v) is 3.01. The van der Waals surface area contributed by atoms with E-state index in [4.69, 9.17) is 0 Å². The van der Waals surface area contributed by atoms with E-state index in [0.29, 0.717) is 0 Å². The number of hydrogen-bond acceptors (Lipinski definition) is 1. The molecule has 0 N–H and O–H groups in total. The van der Waals surface area contributed by atoms with Crippen LogP contribution in [0.1, 0.15) is 22.3 Å². The molecule has 2 nitrogen and oxygen atoms in total. The van der Waals surface area contributed by atoms with Crippen LogP contribution in [0.4, 0.5) is 0 Å². The van der Waals surface area contributed by atoms with Gasteiger partial charge in [0.25, 0.3) is 0 Å².